The molecule has 0 aliphatic heterocycles. The second-order valence-electron chi connectivity index (χ2n) is 3.71. The van der Waals surface area contributed by atoms with E-state index in [4.69, 9.17) is 5.73 Å². The van der Waals surface area contributed by atoms with Gasteiger partial charge in [-0.2, -0.15) is 0 Å². The summed E-state index contributed by atoms with van der Waals surface area (Å²) >= 11 is 0. The highest BCUT2D eigenvalue weighted by Crippen LogP contribution is 2.21. The summed E-state index contributed by atoms with van der Waals surface area (Å²) < 4.78 is 64.7. The second-order valence-corrected chi connectivity index (χ2v) is 9.72. The monoisotopic (exact) mass is 367 g/mol. The van der Waals surface area contributed by atoms with Crippen molar-refractivity contribution in [1.29, 1.82) is 0 Å². The van der Waals surface area contributed by atoms with E-state index in [-0.39, 0.29) is 0 Å². The summed E-state index contributed by atoms with van der Waals surface area (Å²) in [6.45, 7) is 0.715. The Morgan fingerprint density at radius 1 is 1.10 bits per heavy atom. The van der Waals surface area contributed by atoms with Crippen molar-refractivity contribution >= 4 is 41.9 Å². The van der Waals surface area contributed by atoms with Crippen LogP contribution in [-0.2, 0) is 39.7 Å². The molecule has 0 aliphatic carbocycles. The molecule has 0 aliphatic rings. The highest BCUT2D eigenvalue weighted by Gasteiger charge is 2.61. The zero-order valence-corrected chi connectivity index (χ0v) is 13.1. The van der Waals surface area contributed by atoms with Gasteiger partial charge < -0.3 is 5.73 Å². The van der Waals surface area contributed by atoms with E-state index in [2.05, 4.69) is 10.9 Å². The number of hydrazine groups is 1. The Morgan fingerprint density at radius 3 is 1.67 bits per heavy atom. The molecule has 0 aromatic carbocycles. The molecular formula is C5H13N5O8S3. The summed E-state index contributed by atoms with van der Waals surface area (Å²) in [5.41, 5.74) is 10.9. The summed E-state index contributed by atoms with van der Waals surface area (Å²) in [7, 11) is -16.0. The lowest BCUT2D eigenvalue weighted by molar-refractivity contribution is -0.121. The largest absolute Gasteiger partial charge is 0.366 e. The molecule has 0 saturated carbocycles. The average Bonchev–Trinajstić information content (AvgIpc) is 2.20. The molecule has 0 aromatic rings. The zero-order valence-electron chi connectivity index (χ0n) is 10.7. The average molecular weight is 367 g/mol. The van der Waals surface area contributed by atoms with Crippen molar-refractivity contribution in [3.63, 3.8) is 0 Å². The fourth-order valence-electron chi connectivity index (χ4n) is 0.987. The van der Waals surface area contributed by atoms with Gasteiger partial charge in [0.15, 0.2) is 0 Å². The van der Waals surface area contributed by atoms with Crippen LogP contribution in [0.2, 0.25) is 0 Å². The second kappa shape index (κ2) is 5.46. The van der Waals surface area contributed by atoms with Gasteiger partial charge in [-0.25, -0.2) is 30.4 Å². The molecule has 0 fully saturated rings. The lowest BCUT2D eigenvalue weighted by Crippen LogP contribution is -2.70. The molecular weight excluding hydrogens is 354 g/mol. The fraction of sp³-hybridized carbons (Fsp3) is 0.600. The van der Waals surface area contributed by atoms with E-state index in [1.165, 1.54) is 5.43 Å². The van der Waals surface area contributed by atoms with Gasteiger partial charge in [-0.3, -0.25) is 20.7 Å². The molecule has 7 N–H and O–H groups in total. The third-order valence-corrected chi connectivity index (χ3v) is 7.88. The molecule has 0 rings (SSSR count). The van der Waals surface area contributed by atoms with E-state index in [1.807, 2.05) is 0 Å². The number of hydrogen-bond donors (Lipinski definition) is 4. The molecule has 21 heavy (non-hydrogen) atoms. The number of nitrogens with two attached hydrogens (primary N) is 3. The molecule has 2 amide bonds. The van der Waals surface area contributed by atoms with Crippen LogP contribution in [0.5, 0.6) is 0 Å². The van der Waals surface area contributed by atoms with Gasteiger partial charge in [0.1, 0.15) is 0 Å². The van der Waals surface area contributed by atoms with E-state index in [0.29, 0.717) is 13.2 Å². The van der Waals surface area contributed by atoms with Crippen LogP contribution >= 0.6 is 0 Å². The molecule has 13 nitrogen and oxygen atoms in total. The van der Waals surface area contributed by atoms with E-state index in [1.54, 1.807) is 0 Å². The van der Waals surface area contributed by atoms with Crippen LogP contribution in [0.1, 0.15) is 6.92 Å². The number of primary amides is 1. The third-order valence-electron chi connectivity index (χ3n) is 1.92. The standard InChI is InChI=1S/C5H13N5O8S3/c1-3(11)9-10(19(2,13)14)21(17,18)5(7,4(6)12)20(8,15)16/h7H2,1-2H3,(H2,6,12)(H,9,11)(H2,8,15,16). The number of hydrogen-bond acceptors (Lipinski definition) is 9. The van der Waals surface area contributed by atoms with Crippen LogP contribution in [0, 0.1) is 0 Å². The fourth-order valence-corrected chi connectivity index (χ4v) is 5.63. The summed E-state index contributed by atoms with van der Waals surface area (Å²) in [6, 6.07) is 0. The zero-order chi connectivity index (χ0) is 17.4. The minimum absolute atomic E-state index is 0.297. The Bertz CT molecular complexity index is 767. The first kappa shape index (κ1) is 19.7. The number of carbonyl (C=O) groups excluding carboxylic acids is 2. The van der Waals surface area contributed by atoms with Gasteiger partial charge in [0, 0.05) is 10.7 Å². The minimum Gasteiger partial charge on any atom is -0.366 e. The van der Waals surface area contributed by atoms with Gasteiger partial charge in [0.05, 0.1) is 6.26 Å². The van der Waals surface area contributed by atoms with E-state index < -0.39 is 49.9 Å². The van der Waals surface area contributed by atoms with Crippen molar-refractivity contribution in [1.82, 2.24) is 9.25 Å². The molecule has 0 radical (unpaired) electrons. The van der Waals surface area contributed by atoms with Crippen molar-refractivity contribution in [3.8, 4) is 0 Å². The lowest BCUT2D eigenvalue weighted by atomic mass is 10.6. The molecule has 1 atom stereocenters. The molecule has 16 heteroatoms. The van der Waals surface area contributed by atoms with Crippen molar-refractivity contribution in [2.45, 2.75) is 11.1 Å². The molecule has 124 valence electrons. The lowest BCUT2D eigenvalue weighted by Gasteiger charge is -2.28. The van der Waals surface area contributed by atoms with Crippen LogP contribution in [0.4, 0.5) is 0 Å². The Balaban J connectivity index is 6.64. The number of carbonyl (C=O) groups is 2. The van der Waals surface area contributed by atoms with Gasteiger partial charge in [0.25, 0.3) is 26.0 Å². The maximum Gasteiger partial charge on any atom is 0.329 e. The highest BCUT2D eigenvalue weighted by atomic mass is 32.3. The van der Waals surface area contributed by atoms with Crippen molar-refractivity contribution in [3.05, 3.63) is 0 Å². The maximum absolute atomic E-state index is 12.1. The van der Waals surface area contributed by atoms with Crippen molar-refractivity contribution in [2.75, 3.05) is 6.26 Å². The first-order valence-corrected chi connectivity index (χ1v) is 9.46. The van der Waals surface area contributed by atoms with Crippen LogP contribution in [0.3, 0.4) is 0 Å². The maximum atomic E-state index is 12.1. The number of nitrogens with one attached hydrogen (secondary N) is 1. The van der Waals surface area contributed by atoms with Gasteiger partial charge in [0.2, 0.25) is 15.9 Å². The Labute approximate surface area is 120 Å². The van der Waals surface area contributed by atoms with Gasteiger partial charge in [-0.15, -0.1) is 0 Å². The summed E-state index contributed by atoms with van der Waals surface area (Å²) in [4.78, 5) is 22.0. The number of amides is 2. The number of primary sulfonamides is 1. The SMILES string of the molecule is CC(=O)NN(S(C)(=O)=O)S(=O)(=O)C(N)(C(N)=O)S(N)(=O)=O. The van der Waals surface area contributed by atoms with Crippen LogP contribution < -0.4 is 22.0 Å². The minimum atomic E-state index is -5.77. The normalized spacial score (nSPS) is 16.2. The van der Waals surface area contributed by atoms with Crippen LogP contribution in [0.25, 0.3) is 0 Å². The highest BCUT2D eigenvalue weighted by molar-refractivity contribution is 8.13. The van der Waals surface area contributed by atoms with Gasteiger partial charge >= 0.3 is 4.20 Å². The summed E-state index contributed by atoms with van der Waals surface area (Å²) in [6.07, 6.45) is 0.297. The Kier molecular flexibility index (Phi) is 5.12. The first-order chi connectivity index (χ1) is 8.99. The van der Waals surface area contributed by atoms with Gasteiger partial charge in [-0.1, -0.05) is 0 Å². The van der Waals surface area contributed by atoms with Gasteiger partial charge in [-0.05, 0) is 0 Å². The van der Waals surface area contributed by atoms with E-state index in [9.17, 15) is 34.8 Å². The molecule has 1 unspecified atom stereocenters. The number of nitrogens with zero attached hydrogens (tertiary/aromatic N) is 1. The molecule has 0 spiro atoms. The van der Waals surface area contributed by atoms with Crippen molar-refractivity contribution in [2.24, 2.45) is 16.6 Å². The van der Waals surface area contributed by atoms with Crippen LogP contribution in [-0.4, -0.2) is 51.3 Å². The predicted molar refractivity (Wildman–Crippen MR) is 68.6 cm³/mol. The summed E-state index contributed by atoms with van der Waals surface area (Å²) in [5.74, 6) is -3.38. The molecule has 0 aromatic heterocycles. The predicted octanol–water partition coefficient (Wildman–Crippen LogP) is -4.98. The molecule has 0 saturated heterocycles. The quantitative estimate of drug-likeness (QED) is 0.329. The third kappa shape index (κ3) is 3.47. The topological polar surface area (TPSA) is 230 Å². The van der Waals surface area contributed by atoms with Crippen molar-refractivity contribution < 1.29 is 34.8 Å². The first-order valence-electron chi connectivity index (χ1n) is 4.63. The van der Waals surface area contributed by atoms with E-state index in [0.717, 1.165) is 0 Å². The Morgan fingerprint density at radius 2 is 1.48 bits per heavy atom. The Hall–Kier alpha value is -1.33. The van der Waals surface area contributed by atoms with E-state index >= 15 is 0 Å². The smallest absolute Gasteiger partial charge is 0.329 e. The number of rotatable bonds is 6. The molecule has 0 bridgehead atoms. The number of sulfonamides is 3. The molecule has 0 heterocycles. The summed E-state index contributed by atoms with van der Waals surface area (Å²) in [5, 5.41) is 4.55. The van der Waals surface area contributed by atoms with Crippen LogP contribution in [0.15, 0.2) is 0 Å².